The third-order valence-corrected chi connectivity index (χ3v) is 6.43. The van der Waals surface area contributed by atoms with Crippen LogP contribution in [0.2, 0.25) is 0 Å². The van der Waals surface area contributed by atoms with Crippen LogP contribution in [0.4, 0.5) is 0 Å². The summed E-state index contributed by atoms with van der Waals surface area (Å²) in [4.78, 5) is 17.5. The maximum absolute atomic E-state index is 12.8. The Bertz CT molecular complexity index is 575. The minimum Gasteiger partial charge on any atom is -0.381 e. The zero-order valence-electron chi connectivity index (χ0n) is 15.2. The highest BCUT2D eigenvalue weighted by Crippen LogP contribution is 2.41. The van der Waals surface area contributed by atoms with Crippen molar-refractivity contribution in [1.29, 1.82) is 0 Å². The molecule has 0 saturated carbocycles. The number of likely N-dealkylation sites (tertiary alicyclic amines) is 2. The molecule has 0 radical (unpaired) electrons. The van der Waals surface area contributed by atoms with Crippen molar-refractivity contribution in [2.45, 2.75) is 38.6 Å². The predicted octanol–water partition coefficient (Wildman–Crippen LogP) is 2.93. The molecule has 1 aromatic carbocycles. The largest absolute Gasteiger partial charge is 0.381 e. The van der Waals surface area contributed by atoms with Crippen LogP contribution in [-0.4, -0.2) is 55.1 Å². The van der Waals surface area contributed by atoms with E-state index < -0.39 is 0 Å². The molecule has 4 nitrogen and oxygen atoms in total. The van der Waals surface area contributed by atoms with E-state index in [1.54, 1.807) is 0 Å². The molecular weight excluding hydrogens is 312 g/mol. The molecule has 0 unspecified atom stereocenters. The molecule has 0 aromatic heterocycles. The van der Waals surface area contributed by atoms with Gasteiger partial charge in [0.25, 0.3) is 0 Å². The number of carbonyl (C=O) groups is 1. The van der Waals surface area contributed by atoms with E-state index in [1.807, 2.05) is 0 Å². The molecule has 1 amide bonds. The summed E-state index contributed by atoms with van der Waals surface area (Å²) in [7, 11) is 0. The van der Waals surface area contributed by atoms with Crippen molar-refractivity contribution in [1.82, 2.24) is 9.80 Å². The molecule has 3 saturated heterocycles. The number of rotatable bonds is 3. The van der Waals surface area contributed by atoms with E-state index in [1.165, 1.54) is 24.8 Å². The lowest BCUT2D eigenvalue weighted by Gasteiger charge is -2.39. The summed E-state index contributed by atoms with van der Waals surface area (Å²) in [6, 6.07) is 10.8. The average molecular weight is 342 g/mol. The summed E-state index contributed by atoms with van der Waals surface area (Å²) < 4.78 is 5.52. The minimum absolute atomic E-state index is 0.113. The molecule has 25 heavy (non-hydrogen) atoms. The first-order chi connectivity index (χ1) is 12.2. The van der Waals surface area contributed by atoms with Crippen LogP contribution in [0.15, 0.2) is 30.3 Å². The number of carbonyl (C=O) groups excluding carboxylic acids is 1. The van der Waals surface area contributed by atoms with Gasteiger partial charge in [-0.05, 0) is 56.2 Å². The lowest BCUT2D eigenvalue weighted by Crippen LogP contribution is -2.43. The Morgan fingerprint density at radius 3 is 2.60 bits per heavy atom. The molecule has 3 aliphatic heterocycles. The predicted molar refractivity (Wildman–Crippen MR) is 98.1 cm³/mol. The number of hydrogen-bond acceptors (Lipinski definition) is 3. The fourth-order valence-corrected chi connectivity index (χ4v) is 4.75. The molecule has 0 bridgehead atoms. The Hall–Kier alpha value is -1.39. The van der Waals surface area contributed by atoms with Gasteiger partial charge in [-0.1, -0.05) is 30.3 Å². The van der Waals surface area contributed by atoms with Crippen LogP contribution < -0.4 is 0 Å². The number of piperidine rings is 1. The van der Waals surface area contributed by atoms with Gasteiger partial charge in [-0.15, -0.1) is 0 Å². The van der Waals surface area contributed by atoms with E-state index in [9.17, 15) is 4.79 Å². The summed E-state index contributed by atoms with van der Waals surface area (Å²) in [5, 5.41) is 0. The third kappa shape index (κ3) is 3.90. The highest BCUT2D eigenvalue weighted by Gasteiger charge is 2.43. The normalized spacial score (nSPS) is 26.9. The molecule has 4 rings (SSSR count). The van der Waals surface area contributed by atoms with Crippen LogP contribution in [-0.2, 0) is 16.1 Å². The van der Waals surface area contributed by atoms with Gasteiger partial charge in [0.2, 0.25) is 5.91 Å². The van der Waals surface area contributed by atoms with Gasteiger partial charge in [0.15, 0.2) is 0 Å². The van der Waals surface area contributed by atoms with Crippen LogP contribution >= 0.6 is 0 Å². The first-order valence-electron chi connectivity index (χ1n) is 9.87. The molecule has 136 valence electrons. The van der Waals surface area contributed by atoms with E-state index in [-0.39, 0.29) is 5.92 Å². The van der Waals surface area contributed by atoms with Crippen molar-refractivity contribution >= 4 is 5.91 Å². The first kappa shape index (κ1) is 17.0. The second kappa shape index (κ2) is 7.46. The SMILES string of the molecule is O=C([C@@H]1CCCOC1)N1CCC2(CCN(Cc3ccccc3)CC2)C1. The van der Waals surface area contributed by atoms with E-state index in [0.29, 0.717) is 17.9 Å². The molecule has 0 N–H and O–H groups in total. The Kier molecular flexibility index (Phi) is 5.09. The van der Waals surface area contributed by atoms with Crippen molar-refractivity contribution < 1.29 is 9.53 Å². The van der Waals surface area contributed by atoms with Gasteiger partial charge in [-0.2, -0.15) is 0 Å². The van der Waals surface area contributed by atoms with Gasteiger partial charge >= 0.3 is 0 Å². The Balaban J connectivity index is 1.29. The second-order valence-electron chi connectivity index (χ2n) is 8.19. The van der Waals surface area contributed by atoms with Gasteiger partial charge in [0.05, 0.1) is 12.5 Å². The van der Waals surface area contributed by atoms with E-state index in [0.717, 1.165) is 52.2 Å². The van der Waals surface area contributed by atoms with E-state index in [4.69, 9.17) is 4.74 Å². The first-order valence-corrected chi connectivity index (χ1v) is 9.87. The standard InChI is InChI=1S/C21H30N2O2/c24-20(19-7-4-14-25-16-19)23-13-10-21(17-23)8-11-22(12-9-21)15-18-5-2-1-3-6-18/h1-3,5-6,19H,4,7-17H2/t19-/m1/s1. The zero-order valence-corrected chi connectivity index (χ0v) is 15.2. The van der Waals surface area contributed by atoms with E-state index >= 15 is 0 Å². The third-order valence-electron chi connectivity index (χ3n) is 6.43. The fourth-order valence-electron chi connectivity index (χ4n) is 4.75. The number of ether oxygens (including phenoxy) is 1. The maximum Gasteiger partial charge on any atom is 0.228 e. The molecule has 0 aliphatic carbocycles. The van der Waals surface area contributed by atoms with Crippen molar-refractivity contribution in [3.8, 4) is 0 Å². The number of hydrogen-bond donors (Lipinski definition) is 0. The number of amides is 1. The van der Waals surface area contributed by atoms with Crippen LogP contribution in [0.1, 0.15) is 37.7 Å². The fraction of sp³-hybridized carbons (Fsp3) is 0.667. The Morgan fingerprint density at radius 2 is 1.88 bits per heavy atom. The Labute approximate surface area is 151 Å². The Morgan fingerprint density at radius 1 is 1.12 bits per heavy atom. The summed E-state index contributed by atoms with van der Waals surface area (Å²) in [6.45, 7) is 6.75. The maximum atomic E-state index is 12.8. The van der Waals surface area contributed by atoms with Gasteiger partial charge in [0, 0.05) is 26.2 Å². The van der Waals surface area contributed by atoms with Crippen molar-refractivity contribution in [3.63, 3.8) is 0 Å². The van der Waals surface area contributed by atoms with Crippen LogP contribution in [0.3, 0.4) is 0 Å². The molecular formula is C21H30N2O2. The summed E-state index contributed by atoms with van der Waals surface area (Å²) >= 11 is 0. The molecule has 3 heterocycles. The van der Waals surface area contributed by atoms with Gasteiger partial charge in [-0.3, -0.25) is 9.69 Å². The number of benzene rings is 1. The van der Waals surface area contributed by atoms with Gasteiger partial charge in [-0.25, -0.2) is 0 Å². The summed E-state index contributed by atoms with van der Waals surface area (Å²) in [6.07, 6.45) is 5.68. The second-order valence-corrected chi connectivity index (χ2v) is 8.19. The minimum atomic E-state index is 0.113. The van der Waals surface area contributed by atoms with Crippen molar-refractivity contribution in [2.24, 2.45) is 11.3 Å². The van der Waals surface area contributed by atoms with E-state index in [2.05, 4.69) is 40.1 Å². The summed E-state index contributed by atoms with van der Waals surface area (Å²) in [5.41, 5.74) is 1.78. The lowest BCUT2D eigenvalue weighted by atomic mass is 9.77. The van der Waals surface area contributed by atoms with Crippen molar-refractivity contribution in [3.05, 3.63) is 35.9 Å². The average Bonchev–Trinajstić information content (AvgIpc) is 3.09. The molecule has 1 spiro atoms. The van der Waals surface area contributed by atoms with Crippen LogP contribution in [0, 0.1) is 11.3 Å². The highest BCUT2D eigenvalue weighted by molar-refractivity contribution is 5.79. The molecule has 1 aromatic rings. The summed E-state index contributed by atoms with van der Waals surface area (Å²) in [5.74, 6) is 0.463. The topological polar surface area (TPSA) is 32.8 Å². The lowest BCUT2D eigenvalue weighted by molar-refractivity contribution is -0.139. The van der Waals surface area contributed by atoms with Gasteiger partial charge in [0.1, 0.15) is 0 Å². The quantitative estimate of drug-likeness (QED) is 0.847. The molecule has 3 aliphatic rings. The van der Waals surface area contributed by atoms with Crippen LogP contribution in [0.5, 0.6) is 0 Å². The zero-order chi connectivity index (χ0) is 17.1. The molecule has 1 atom stereocenters. The monoisotopic (exact) mass is 342 g/mol. The van der Waals surface area contributed by atoms with Crippen molar-refractivity contribution in [2.75, 3.05) is 39.4 Å². The molecule has 4 heteroatoms. The number of nitrogens with zero attached hydrogens (tertiary/aromatic N) is 2. The van der Waals surface area contributed by atoms with Crippen LogP contribution in [0.25, 0.3) is 0 Å². The highest BCUT2D eigenvalue weighted by atomic mass is 16.5. The smallest absolute Gasteiger partial charge is 0.228 e. The molecule has 3 fully saturated rings. The van der Waals surface area contributed by atoms with Gasteiger partial charge < -0.3 is 9.64 Å².